The Balaban J connectivity index is 1.64. The first-order valence-corrected chi connectivity index (χ1v) is 8.07. The molecule has 0 aliphatic carbocycles. The van der Waals surface area contributed by atoms with Gasteiger partial charge in [-0.3, -0.25) is 30.0 Å². The molecule has 0 aliphatic heterocycles. The number of ether oxygens (including phenoxy) is 1. The average Bonchev–Trinajstić information content (AvgIpc) is 3.17. The molecule has 2 aromatic rings. The van der Waals surface area contributed by atoms with Gasteiger partial charge < -0.3 is 14.5 Å². The Kier molecular flexibility index (Phi) is 6.92. The molecule has 26 heavy (non-hydrogen) atoms. The van der Waals surface area contributed by atoms with E-state index in [2.05, 4.69) is 36.8 Å². The molecule has 0 spiro atoms. The van der Waals surface area contributed by atoms with E-state index in [9.17, 15) is 19.2 Å². The van der Waals surface area contributed by atoms with Crippen molar-refractivity contribution >= 4 is 39.6 Å². The minimum atomic E-state index is -0.820. The number of carbonyl (C=O) groups is 4. The number of hydrazine groups is 1. The maximum atomic E-state index is 11.8. The lowest BCUT2D eigenvalue weighted by Gasteiger charge is -2.08. The number of benzene rings is 1. The Labute approximate surface area is 156 Å². The summed E-state index contributed by atoms with van der Waals surface area (Å²) < 4.78 is 10.3. The van der Waals surface area contributed by atoms with E-state index in [0.29, 0.717) is 5.56 Å². The van der Waals surface area contributed by atoms with Crippen molar-refractivity contribution < 1.29 is 28.3 Å². The van der Waals surface area contributed by atoms with Crippen molar-refractivity contribution in [3.05, 3.63) is 58.5 Å². The first-order chi connectivity index (χ1) is 12.5. The molecule has 0 saturated carbocycles. The van der Waals surface area contributed by atoms with Gasteiger partial charge in [0.05, 0.1) is 6.26 Å². The molecule has 0 fully saturated rings. The molecule has 1 heterocycles. The quantitative estimate of drug-likeness (QED) is 0.465. The van der Waals surface area contributed by atoms with Gasteiger partial charge in [0.15, 0.2) is 12.4 Å². The number of nitrogens with one attached hydrogen (secondary N) is 3. The van der Waals surface area contributed by atoms with Crippen molar-refractivity contribution in [2.24, 2.45) is 0 Å². The van der Waals surface area contributed by atoms with E-state index in [1.54, 1.807) is 24.3 Å². The highest BCUT2D eigenvalue weighted by molar-refractivity contribution is 9.10. The molecule has 0 unspecified atom stereocenters. The van der Waals surface area contributed by atoms with E-state index in [0.717, 1.165) is 4.47 Å². The minimum Gasteiger partial charge on any atom is -0.459 e. The molecule has 0 atom stereocenters. The van der Waals surface area contributed by atoms with Crippen LogP contribution in [0.4, 0.5) is 0 Å². The number of hydrogen-bond donors (Lipinski definition) is 3. The van der Waals surface area contributed by atoms with E-state index in [1.807, 2.05) is 0 Å². The summed E-state index contributed by atoms with van der Waals surface area (Å²) in [5.41, 5.74) is 4.63. The number of amides is 3. The Morgan fingerprint density at radius 1 is 1.00 bits per heavy atom. The smallest absolute Gasteiger partial charge is 0.325 e. The van der Waals surface area contributed by atoms with Crippen LogP contribution in [0.3, 0.4) is 0 Å². The molecule has 3 amide bonds. The number of hydrogen-bond acceptors (Lipinski definition) is 6. The summed E-state index contributed by atoms with van der Waals surface area (Å²) in [5, 5.41) is 2.27. The average molecular weight is 424 g/mol. The molecular weight excluding hydrogens is 410 g/mol. The normalized spacial score (nSPS) is 9.88. The van der Waals surface area contributed by atoms with Crippen LogP contribution in [0.2, 0.25) is 0 Å². The highest BCUT2D eigenvalue weighted by atomic mass is 79.9. The molecule has 136 valence electrons. The van der Waals surface area contributed by atoms with Crippen LogP contribution < -0.4 is 16.2 Å². The van der Waals surface area contributed by atoms with Crippen LogP contribution in [0.5, 0.6) is 0 Å². The molecule has 9 nitrogen and oxygen atoms in total. The van der Waals surface area contributed by atoms with Gasteiger partial charge in [0.1, 0.15) is 6.54 Å². The van der Waals surface area contributed by atoms with Crippen molar-refractivity contribution in [1.82, 2.24) is 16.2 Å². The standard InChI is InChI=1S/C16H14BrN3O6/c17-11-5-3-10(4-6-11)15(23)20-19-13(21)9-26-14(22)8-18-16(24)12-2-1-7-25-12/h1-7H,8-9H2,(H,18,24)(H,19,21)(H,20,23). The zero-order valence-electron chi connectivity index (χ0n) is 13.3. The largest absolute Gasteiger partial charge is 0.459 e. The third-order valence-electron chi connectivity index (χ3n) is 2.92. The fourth-order valence-corrected chi connectivity index (χ4v) is 1.94. The van der Waals surface area contributed by atoms with Gasteiger partial charge in [-0.1, -0.05) is 15.9 Å². The van der Waals surface area contributed by atoms with Gasteiger partial charge in [-0.15, -0.1) is 0 Å². The van der Waals surface area contributed by atoms with Crippen LogP contribution >= 0.6 is 15.9 Å². The lowest BCUT2D eigenvalue weighted by atomic mass is 10.2. The summed E-state index contributed by atoms with van der Waals surface area (Å²) in [7, 11) is 0. The number of rotatable bonds is 6. The summed E-state index contributed by atoms with van der Waals surface area (Å²) in [6.07, 6.45) is 1.32. The van der Waals surface area contributed by atoms with Crippen LogP contribution in [0.25, 0.3) is 0 Å². The number of esters is 1. The lowest BCUT2D eigenvalue weighted by Crippen LogP contribution is -2.44. The molecule has 0 saturated heterocycles. The number of halogens is 1. The Bertz CT molecular complexity index is 789. The first kappa shape index (κ1) is 19.2. The highest BCUT2D eigenvalue weighted by Crippen LogP contribution is 2.10. The minimum absolute atomic E-state index is 0.0474. The molecule has 0 radical (unpaired) electrons. The molecular formula is C16H14BrN3O6. The van der Waals surface area contributed by atoms with Gasteiger partial charge in [0, 0.05) is 10.0 Å². The van der Waals surface area contributed by atoms with Crippen LogP contribution in [0.1, 0.15) is 20.9 Å². The van der Waals surface area contributed by atoms with Crippen molar-refractivity contribution in [2.75, 3.05) is 13.2 Å². The maximum absolute atomic E-state index is 11.8. The maximum Gasteiger partial charge on any atom is 0.325 e. The summed E-state index contributed by atoms with van der Waals surface area (Å²) in [4.78, 5) is 46.3. The summed E-state index contributed by atoms with van der Waals surface area (Å²) in [6.45, 7) is -1.05. The second-order valence-corrected chi connectivity index (χ2v) is 5.75. The van der Waals surface area contributed by atoms with Gasteiger partial charge in [0.2, 0.25) is 0 Å². The second-order valence-electron chi connectivity index (χ2n) is 4.83. The van der Waals surface area contributed by atoms with Gasteiger partial charge in [-0.05, 0) is 36.4 Å². The molecule has 1 aromatic heterocycles. The fraction of sp³-hybridized carbons (Fsp3) is 0.125. The van der Waals surface area contributed by atoms with Crippen molar-refractivity contribution in [1.29, 1.82) is 0 Å². The van der Waals surface area contributed by atoms with Crippen molar-refractivity contribution in [3.8, 4) is 0 Å². The van der Waals surface area contributed by atoms with E-state index >= 15 is 0 Å². The monoisotopic (exact) mass is 423 g/mol. The summed E-state index contributed by atoms with van der Waals surface area (Å²) in [6, 6.07) is 9.44. The van der Waals surface area contributed by atoms with Crippen LogP contribution in [-0.4, -0.2) is 36.8 Å². The molecule has 0 bridgehead atoms. The Hall–Kier alpha value is -3.14. The van der Waals surface area contributed by atoms with Crippen LogP contribution in [0.15, 0.2) is 51.6 Å². The summed E-state index contributed by atoms with van der Waals surface area (Å²) >= 11 is 3.24. The Morgan fingerprint density at radius 3 is 2.38 bits per heavy atom. The Morgan fingerprint density at radius 2 is 1.73 bits per heavy atom. The van der Waals surface area contributed by atoms with Crippen molar-refractivity contribution in [2.45, 2.75) is 0 Å². The van der Waals surface area contributed by atoms with Crippen LogP contribution in [0, 0.1) is 0 Å². The molecule has 3 N–H and O–H groups in total. The van der Waals surface area contributed by atoms with E-state index in [4.69, 9.17) is 4.42 Å². The third kappa shape index (κ3) is 6.06. The van der Waals surface area contributed by atoms with E-state index in [-0.39, 0.29) is 5.76 Å². The fourth-order valence-electron chi connectivity index (χ4n) is 1.68. The zero-order chi connectivity index (χ0) is 18.9. The topological polar surface area (TPSA) is 127 Å². The molecule has 1 aromatic carbocycles. The molecule has 0 aliphatic rings. The predicted octanol–water partition coefficient (Wildman–Crippen LogP) is 0.776. The SMILES string of the molecule is O=C(COC(=O)CNC(=O)c1ccco1)NNC(=O)c1ccc(Br)cc1. The highest BCUT2D eigenvalue weighted by Gasteiger charge is 2.13. The van der Waals surface area contributed by atoms with Gasteiger partial charge in [-0.25, -0.2) is 0 Å². The number of carbonyl (C=O) groups excluding carboxylic acids is 4. The second kappa shape index (κ2) is 9.37. The van der Waals surface area contributed by atoms with E-state index < -0.39 is 36.8 Å². The third-order valence-corrected chi connectivity index (χ3v) is 3.45. The van der Waals surface area contributed by atoms with Gasteiger partial charge >= 0.3 is 5.97 Å². The summed E-state index contributed by atoms with van der Waals surface area (Å²) in [5.74, 6) is -2.62. The van der Waals surface area contributed by atoms with Gasteiger partial charge in [-0.2, -0.15) is 0 Å². The lowest BCUT2D eigenvalue weighted by molar-refractivity contribution is -0.147. The molecule has 10 heteroatoms. The van der Waals surface area contributed by atoms with Gasteiger partial charge in [0.25, 0.3) is 17.7 Å². The molecule has 2 rings (SSSR count). The predicted molar refractivity (Wildman–Crippen MR) is 91.8 cm³/mol. The first-order valence-electron chi connectivity index (χ1n) is 7.28. The zero-order valence-corrected chi connectivity index (χ0v) is 14.9. The number of furan rings is 1. The van der Waals surface area contributed by atoms with Crippen LogP contribution in [-0.2, 0) is 14.3 Å². The van der Waals surface area contributed by atoms with E-state index in [1.165, 1.54) is 18.4 Å². The van der Waals surface area contributed by atoms with Crippen molar-refractivity contribution in [3.63, 3.8) is 0 Å².